The highest BCUT2D eigenvalue weighted by Crippen LogP contribution is 2.28. The summed E-state index contributed by atoms with van der Waals surface area (Å²) < 4.78 is 19.2. The quantitative estimate of drug-likeness (QED) is 0.838. The van der Waals surface area contributed by atoms with Gasteiger partial charge in [0, 0.05) is 36.7 Å². The molecule has 2 aromatic rings. The molecule has 0 unspecified atom stereocenters. The Morgan fingerprint density at radius 1 is 1.17 bits per heavy atom. The Hall–Kier alpha value is -1.92. The minimum absolute atomic E-state index is 0.0900. The number of rotatable bonds is 2. The number of fused-ring (bicyclic) bond motifs is 1. The van der Waals surface area contributed by atoms with E-state index >= 15 is 0 Å². The lowest BCUT2D eigenvalue weighted by atomic mass is 10.1. The predicted octanol–water partition coefficient (Wildman–Crippen LogP) is 2.92. The molecule has 6 heteroatoms. The summed E-state index contributed by atoms with van der Waals surface area (Å²) in [6.07, 6.45) is 0.876. The maximum Gasteiger partial charge on any atom is 0.256 e. The van der Waals surface area contributed by atoms with Crippen LogP contribution in [0.4, 0.5) is 10.1 Å². The summed E-state index contributed by atoms with van der Waals surface area (Å²) in [4.78, 5) is 18.3. The van der Waals surface area contributed by atoms with Crippen LogP contribution in [0.25, 0.3) is 0 Å². The number of hydrogen-bond donors (Lipinski definition) is 0. The molecule has 1 fully saturated rings. The van der Waals surface area contributed by atoms with Crippen LogP contribution in [0, 0.1) is 5.82 Å². The zero-order valence-electron chi connectivity index (χ0n) is 13.3. The van der Waals surface area contributed by atoms with Crippen molar-refractivity contribution in [3.63, 3.8) is 0 Å². The fourth-order valence-corrected chi connectivity index (χ4v) is 4.24. The normalized spacial score (nSPS) is 17.7. The van der Waals surface area contributed by atoms with Crippen molar-refractivity contribution >= 4 is 22.9 Å². The molecule has 0 atom stereocenters. The van der Waals surface area contributed by atoms with Gasteiger partial charge in [-0.05, 0) is 41.6 Å². The summed E-state index contributed by atoms with van der Waals surface area (Å²) in [5.41, 5.74) is 2.47. The van der Waals surface area contributed by atoms with Crippen LogP contribution in [0.2, 0.25) is 0 Å². The largest absolute Gasteiger partial charge is 0.378 e. The molecule has 0 saturated carbocycles. The highest BCUT2D eigenvalue weighted by atomic mass is 32.1. The summed E-state index contributed by atoms with van der Waals surface area (Å²) in [7, 11) is 0. The molecule has 2 aliphatic heterocycles. The lowest BCUT2D eigenvalue weighted by Gasteiger charge is -2.32. The molecular formula is C18H19FN2O2S. The summed E-state index contributed by atoms with van der Waals surface area (Å²) in [5, 5.41) is 2.07. The fourth-order valence-electron chi connectivity index (χ4n) is 3.35. The minimum atomic E-state index is -0.372. The van der Waals surface area contributed by atoms with Crippen molar-refractivity contribution in [1.29, 1.82) is 0 Å². The van der Waals surface area contributed by atoms with E-state index in [1.165, 1.54) is 22.6 Å². The molecule has 1 saturated heterocycles. The number of carbonyl (C=O) groups excluding carboxylic acids is 1. The fraction of sp³-hybridized carbons (Fsp3) is 0.389. The highest BCUT2D eigenvalue weighted by molar-refractivity contribution is 7.10. The average Bonchev–Trinajstić information content (AvgIpc) is 3.09. The van der Waals surface area contributed by atoms with Crippen LogP contribution in [0.15, 0.2) is 29.6 Å². The first-order chi connectivity index (χ1) is 11.7. The van der Waals surface area contributed by atoms with Crippen molar-refractivity contribution in [2.45, 2.75) is 13.0 Å². The zero-order chi connectivity index (χ0) is 16.5. The maximum absolute atomic E-state index is 13.8. The smallest absolute Gasteiger partial charge is 0.256 e. The first-order valence-corrected chi connectivity index (χ1v) is 9.07. The number of amides is 1. The van der Waals surface area contributed by atoms with Crippen molar-refractivity contribution in [2.24, 2.45) is 0 Å². The van der Waals surface area contributed by atoms with Crippen molar-refractivity contribution < 1.29 is 13.9 Å². The number of benzene rings is 1. The van der Waals surface area contributed by atoms with Gasteiger partial charge in [0.2, 0.25) is 0 Å². The molecular weight excluding hydrogens is 327 g/mol. The van der Waals surface area contributed by atoms with Crippen molar-refractivity contribution in [3.8, 4) is 0 Å². The van der Waals surface area contributed by atoms with Gasteiger partial charge in [-0.3, -0.25) is 4.79 Å². The molecule has 1 aromatic carbocycles. The summed E-state index contributed by atoms with van der Waals surface area (Å²) >= 11 is 1.74. The molecule has 24 heavy (non-hydrogen) atoms. The summed E-state index contributed by atoms with van der Waals surface area (Å²) in [5.74, 6) is -0.462. The van der Waals surface area contributed by atoms with Crippen LogP contribution in [0.5, 0.6) is 0 Å². The van der Waals surface area contributed by atoms with Crippen molar-refractivity contribution in [3.05, 3.63) is 51.5 Å². The molecule has 0 spiro atoms. The lowest BCUT2D eigenvalue weighted by molar-refractivity contribution is 0.0734. The molecule has 2 aliphatic rings. The molecule has 0 N–H and O–H groups in total. The van der Waals surface area contributed by atoms with Gasteiger partial charge >= 0.3 is 0 Å². The third-order valence-corrected chi connectivity index (χ3v) is 5.66. The second kappa shape index (κ2) is 6.53. The number of carbonyl (C=O) groups is 1. The Morgan fingerprint density at radius 2 is 2.00 bits per heavy atom. The second-order valence-corrected chi connectivity index (χ2v) is 7.11. The van der Waals surface area contributed by atoms with Crippen LogP contribution in [-0.4, -0.2) is 43.7 Å². The SMILES string of the molecule is O=C(c1cc(F)ccc1N1CCOCC1)N1CCc2sccc2C1. The molecule has 3 heterocycles. The van der Waals surface area contributed by atoms with Gasteiger partial charge in [0.05, 0.1) is 18.8 Å². The van der Waals surface area contributed by atoms with E-state index in [0.717, 1.165) is 25.2 Å². The summed E-state index contributed by atoms with van der Waals surface area (Å²) in [6, 6.07) is 6.59. The molecule has 4 rings (SSSR count). The minimum Gasteiger partial charge on any atom is -0.378 e. The van der Waals surface area contributed by atoms with E-state index in [-0.39, 0.29) is 11.7 Å². The number of hydrogen-bond acceptors (Lipinski definition) is 4. The van der Waals surface area contributed by atoms with Crippen LogP contribution in [0.3, 0.4) is 0 Å². The Balaban J connectivity index is 1.63. The lowest BCUT2D eigenvalue weighted by Crippen LogP contribution is -2.39. The standard InChI is InChI=1S/C18H19FN2O2S/c19-14-1-2-16(20-6-8-23-9-7-20)15(11-14)18(22)21-5-3-17-13(12-21)4-10-24-17/h1-2,4,10-11H,3,5-9,12H2. The number of anilines is 1. The number of nitrogens with zero attached hydrogens (tertiary/aromatic N) is 2. The van der Waals surface area contributed by atoms with E-state index in [2.05, 4.69) is 16.3 Å². The Morgan fingerprint density at radius 3 is 2.83 bits per heavy atom. The highest BCUT2D eigenvalue weighted by Gasteiger charge is 2.26. The van der Waals surface area contributed by atoms with Gasteiger partial charge < -0.3 is 14.5 Å². The average molecular weight is 346 g/mol. The van der Waals surface area contributed by atoms with Crippen molar-refractivity contribution in [2.75, 3.05) is 37.7 Å². The number of morpholine rings is 1. The van der Waals surface area contributed by atoms with E-state index in [9.17, 15) is 9.18 Å². The van der Waals surface area contributed by atoms with Crippen LogP contribution < -0.4 is 4.90 Å². The van der Waals surface area contributed by atoms with Gasteiger partial charge in [0.25, 0.3) is 5.91 Å². The van der Waals surface area contributed by atoms with Gasteiger partial charge in [-0.15, -0.1) is 11.3 Å². The van der Waals surface area contributed by atoms with E-state index < -0.39 is 0 Å². The number of ether oxygens (including phenoxy) is 1. The van der Waals surface area contributed by atoms with E-state index in [4.69, 9.17) is 4.74 Å². The van der Waals surface area contributed by atoms with Gasteiger partial charge in [-0.2, -0.15) is 0 Å². The van der Waals surface area contributed by atoms with Gasteiger partial charge in [-0.1, -0.05) is 0 Å². The topological polar surface area (TPSA) is 32.8 Å². The van der Waals surface area contributed by atoms with E-state index in [1.807, 2.05) is 4.90 Å². The molecule has 1 aromatic heterocycles. The molecule has 1 amide bonds. The monoisotopic (exact) mass is 346 g/mol. The number of halogens is 1. The van der Waals surface area contributed by atoms with Crippen LogP contribution in [-0.2, 0) is 17.7 Å². The third kappa shape index (κ3) is 2.91. The number of thiophene rings is 1. The molecule has 0 radical (unpaired) electrons. The van der Waals surface area contributed by atoms with Crippen molar-refractivity contribution in [1.82, 2.24) is 4.90 Å². The van der Waals surface area contributed by atoms with Crippen LogP contribution >= 0.6 is 11.3 Å². The van der Waals surface area contributed by atoms with Gasteiger partial charge in [-0.25, -0.2) is 4.39 Å². The second-order valence-electron chi connectivity index (χ2n) is 6.11. The predicted molar refractivity (Wildman–Crippen MR) is 92.2 cm³/mol. The maximum atomic E-state index is 13.8. The Kier molecular flexibility index (Phi) is 4.24. The van der Waals surface area contributed by atoms with Gasteiger partial charge in [0.1, 0.15) is 5.82 Å². The first-order valence-electron chi connectivity index (χ1n) is 8.19. The Labute approximate surface area is 144 Å². The third-order valence-electron chi connectivity index (χ3n) is 4.64. The molecule has 0 bridgehead atoms. The Bertz CT molecular complexity index is 755. The zero-order valence-corrected chi connectivity index (χ0v) is 14.2. The molecule has 126 valence electrons. The van der Waals surface area contributed by atoms with Gasteiger partial charge in [0.15, 0.2) is 0 Å². The van der Waals surface area contributed by atoms with E-state index in [1.54, 1.807) is 17.4 Å². The molecule has 4 nitrogen and oxygen atoms in total. The van der Waals surface area contributed by atoms with E-state index in [0.29, 0.717) is 31.9 Å². The van der Waals surface area contributed by atoms with Crippen LogP contribution in [0.1, 0.15) is 20.8 Å². The summed E-state index contributed by atoms with van der Waals surface area (Å²) in [6.45, 7) is 4.00. The molecule has 0 aliphatic carbocycles. The first kappa shape index (κ1) is 15.6.